The summed E-state index contributed by atoms with van der Waals surface area (Å²) in [5.74, 6) is 1.60. The smallest absolute Gasteiger partial charge is 0.216 e. The standard InChI is InChI=1S/C8H12N2O/c1-2-4-7(3-1)5-8-10-9-6-11-8/h6-7H,1-5H2. The van der Waals surface area contributed by atoms with Crippen molar-refractivity contribution in [1.29, 1.82) is 0 Å². The number of hydrogen-bond donors (Lipinski definition) is 0. The van der Waals surface area contributed by atoms with Crippen LogP contribution in [-0.2, 0) is 6.42 Å². The molecule has 0 N–H and O–H groups in total. The van der Waals surface area contributed by atoms with Gasteiger partial charge >= 0.3 is 0 Å². The van der Waals surface area contributed by atoms with E-state index in [9.17, 15) is 0 Å². The average molecular weight is 152 g/mol. The van der Waals surface area contributed by atoms with Crippen LogP contribution in [0.1, 0.15) is 31.6 Å². The second kappa shape index (κ2) is 3.03. The van der Waals surface area contributed by atoms with Crippen molar-refractivity contribution in [2.24, 2.45) is 5.92 Å². The van der Waals surface area contributed by atoms with Crippen molar-refractivity contribution in [2.75, 3.05) is 0 Å². The molecule has 1 fully saturated rings. The van der Waals surface area contributed by atoms with E-state index in [2.05, 4.69) is 10.2 Å². The Morgan fingerprint density at radius 3 is 2.91 bits per heavy atom. The largest absolute Gasteiger partial charge is 0.428 e. The van der Waals surface area contributed by atoms with Crippen molar-refractivity contribution in [1.82, 2.24) is 10.2 Å². The highest BCUT2D eigenvalue weighted by Gasteiger charge is 2.17. The fourth-order valence-corrected chi connectivity index (χ4v) is 1.75. The van der Waals surface area contributed by atoms with Crippen LogP contribution in [0.4, 0.5) is 0 Å². The van der Waals surface area contributed by atoms with Crippen LogP contribution in [-0.4, -0.2) is 10.2 Å². The summed E-state index contributed by atoms with van der Waals surface area (Å²) < 4.78 is 5.07. The summed E-state index contributed by atoms with van der Waals surface area (Å²) in [6.45, 7) is 0. The van der Waals surface area contributed by atoms with Gasteiger partial charge < -0.3 is 4.42 Å². The van der Waals surface area contributed by atoms with E-state index in [1.54, 1.807) is 0 Å². The molecule has 0 spiro atoms. The SMILES string of the molecule is c1nnc(CC2CCCC2)o1. The molecule has 1 saturated carbocycles. The summed E-state index contributed by atoms with van der Waals surface area (Å²) in [7, 11) is 0. The van der Waals surface area contributed by atoms with Crippen LogP contribution in [0.15, 0.2) is 10.8 Å². The van der Waals surface area contributed by atoms with Crippen LogP contribution in [0.25, 0.3) is 0 Å². The van der Waals surface area contributed by atoms with Gasteiger partial charge in [0, 0.05) is 6.42 Å². The zero-order chi connectivity index (χ0) is 7.52. The van der Waals surface area contributed by atoms with Crippen LogP contribution in [0.2, 0.25) is 0 Å². The molecule has 0 aromatic carbocycles. The van der Waals surface area contributed by atoms with Gasteiger partial charge in [0.05, 0.1) is 0 Å². The first kappa shape index (κ1) is 6.83. The van der Waals surface area contributed by atoms with Gasteiger partial charge in [0.25, 0.3) is 0 Å². The van der Waals surface area contributed by atoms with Crippen molar-refractivity contribution in [3.05, 3.63) is 12.3 Å². The number of nitrogens with zero attached hydrogens (tertiary/aromatic N) is 2. The lowest BCUT2D eigenvalue weighted by molar-refractivity contribution is 0.431. The molecule has 1 aliphatic rings. The highest BCUT2D eigenvalue weighted by Crippen LogP contribution is 2.27. The van der Waals surface area contributed by atoms with Crippen molar-refractivity contribution in [3.8, 4) is 0 Å². The van der Waals surface area contributed by atoms with E-state index in [0.29, 0.717) is 0 Å². The first-order chi connectivity index (χ1) is 5.45. The third kappa shape index (κ3) is 1.59. The van der Waals surface area contributed by atoms with E-state index in [0.717, 1.165) is 18.2 Å². The molecule has 3 heteroatoms. The molecule has 11 heavy (non-hydrogen) atoms. The minimum atomic E-state index is 0.801. The minimum Gasteiger partial charge on any atom is -0.428 e. The molecular weight excluding hydrogens is 140 g/mol. The van der Waals surface area contributed by atoms with E-state index in [1.165, 1.54) is 32.1 Å². The molecule has 0 radical (unpaired) electrons. The highest BCUT2D eigenvalue weighted by atomic mass is 16.4. The Labute approximate surface area is 65.8 Å². The van der Waals surface area contributed by atoms with Gasteiger partial charge in [-0.2, -0.15) is 0 Å². The Bertz CT molecular complexity index is 202. The van der Waals surface area contributed by atoms with Gasteiger partial charge in [0.15, 0.2) is 0 Å². The molecule has 60 valence electrons. The maximum Gasteiger partial charge on any atom is 0.216 e. The van der Waals surface area contributed by atoms with Crippen LogP contribution in [0.5, 0.6) is 0 Å². The van der Waals surface area contributed by atoms with E-state index in [4.69, 9.17) is 4.42 Å². The van der Waals surface area contributed by atoms with Crippen LogP contribution in [0, 0.1) is 5.92 Å². The Hall–Kier alpha value is -0.860. The molecule has 2 rings (SSSR count). The van der Waals surface area contributed by atoms with Gasteiger partial charge in [-0.1, -0.05) is 12.8 Å². The summed E-state index contributed by atoms with van der Waals surface area (Å²) in [5.41, 5.74) is 0. The molecule has 0 amide bonds. The van der Waals surface area contributed by atoms with E-state index in [-0.39, 0.29) is 0 Å². The molecule has 1 aromatic heterocycles. The monoisotopic (exact) mass is 152 g/mol. The van der Waals surface area contributed by atoms with E-state index >= 15 is 0 Å². The summed E-state index contributed by atoms with van der Waals surface area (Å²) in [5, 5.41) is 7.51. The first-order valence-corrected chi connectivity index (χ1v) is 4.20. The van der Waals surface area contributed by atoms with Crippen molar-refractivity contribution in [2.45, 2.75) is 32.1 Å². The molecule has 0 bridgehead atoms. The lowest BCUT2D eigenvalue weighted by atomic mass is 10.0. The molecule has 0 atom stereocenters. The lowest BCUT2D eigenvalue weighted by Gasteiger charge is -2.02. The van der Waals surface area contributed by atoms with Gasteiger partial charge in [0.1, 0.15) is 0 Å². The summed E-state index contributed by atoms with van der Waals surface area (Å²) in [6, 6.07) is 0. The quantitative estimate of drug-likeness (QED) is 0.648. The summed E-state index contributed by atoms with van der Waals surface area (Å²) in [6.07, 6.45) is 7.81. The molecule has 0 aliphatic heterocycles. The average Bonchev–Trinajstić information content (AvgIpc) is 2.60. The van der Waals surface area contributed by atoms with Crippen LogP contribution < -0.4 is 0 Å². The van der Waals surface area contributed by atoms with Crippen LogP contribution >= 0.6 is 0 Å². The number of rotatable bonds is 2. The Balaban J connectivity index is 1.90. The first-order valence-electron chi connectivity index (χ1n) is 4.20. The molecule has 1 aliphatic carbocycles. The number of hydrogen-bond acceptors (Lipinski definition) is 3. The van der Waals surface area contributed by atoms with Crippen LogP contribution in [0.3, 0.4) is 0 Å². The Kier molecular flexibility index (Phi) is 1.88. The van der Waals surface area contributed by atoms with Gasteiger partial charge in [-0.25, -0.2) is 0 Å². The maximum absolute atomic E-state index is 5.07. The van der Waals surface area contributed by atoms with Crippen molar-refractivity contribution in [3.63, 3.8) is 0 Å². The second-order valence-electron chi connectivity index (χ2n) is 3.19. The normalized spacial score (nSPS) is 19.3. The fourth-order valence-electron chi connectivity index (χ4n) is 1.75. The predicted octanol–water partition coefficient (Wildman–Crippen LogP) is 1.80. The molecule has 3 nitrogen and oxygen atoms in total. The molecular formula is C8H12N2O. The minimum absolute atomic E-state index is 0.801. The van der Waals surface area contributed by atoms with Crippen molar-refractivity contribution < 1.29 is 4.42 Å². The lowest BCUT2D eigenvalue weighted by Crippen LogP contribution is -1.98. The fraction of sp³-hybridized carbons (Fsp3) is 0.750. The van der Waals surface area contributed by atoms with E-state index < -0.39 is 0 Å². The third-order valence-corrected chi connectivity index (χ3v) is 2.34. The van der Waals surface area contributed by atoms with Gasteiger partial charge in [-0.15, -0.1) is 10.2 Å². The maximum atomic E-state index is 5.07. The van der Waals surface area contributed by atoms with Gasteiger partial charge in [0.2, 0.25) is 12.3 Å². The van der Waals surface area contributed by atoms with E-state index in [1.807, 2.05) is 0 Å². The summed E-state index contributed by atoms with van der Waals surface area (Å²) >= 11 is 0. The summed E-state index contributed by atoms with van der Waals surface area (Å²) in [4.78, 5) is 0. The topological polar surface area (TPSA) is 38.9 Å². The second-order valence-corrected chi connectivity index (χ2v) is 3.19. The van der Waals surface area contributed by atoms with Crippen molar-refractivity contribution >= 4 is 0 Å². The number of aromatic nitrogens is 2. The molecule has 0 saturated heterocycles. The predicted molar refractivity (Wildman–Crippen MR) is 40.0 cm³/mol. The third-order valence-electron chi connectivity index (χ3n) is 2.34. The zero-order valence-electron chi connectivity index (χ0n) is 6.49. The molecule has 1 heterocycles. The highest BCUT2D eigenvalue weighted by molar-refractivity contribution is 4.80. The Morgan fingerprint density at radius 2 is 2.27 bits per heavy atom. The van der Waals surface area contributed by atoms with Gasteiger partial charge in [-0.05, 0) is 18.8 Å². The molecule has 0 unspecified atom stereocenters. The zero-order valence-corrected chi connectivity index (χ0v) is 6.49. The van der Waals surface area contributed by atoms with Gasteiger partial charge in [-0.3, -0.25) is 0 Å². The Morgan fingerprint density at radius 1 is 1.45 bits per heavy atom. The molecule has 1 aromatic rings.